The van der Waals surface area contributed by atoms with Gasteiger partial charge in [-0.15, -0.1) is 0 Å². The van der Waals surface area contributed by atoms with Gasteiger partial charge in [-0.25, -0.2) is 0 Å². The van der Waals surface area contributed by atoms with E-state index >= 15 is 0 Å². The largest absolute Gasteiger partial charge is 0.333 e. The maximum atomic E-state index is 12.8. The van der Waals surface area contributed by atoms with Crippen molar-refractivity contribution in [1.29, 1.82) is 0 Å². The molecule has 0 aromatic heterocycles. The fraction of sp³-hybridized carbons (Fsp3) is 0.316. The van der Waals surface area contributed by atoms with E-state index in [9.17, 15) is 4.79 Å². The average molecular weight is 277 g/mol. The molecule has 0 unspecified atom stereocenters. The summed E-state index contributed by atoms with van der Waals surface area (Å²) < 4.78 is 0. The van der Waals surface area contributed by atoms with Crippen molar-refractivity contribution in [2.45, 2.75) is 37.8 Å². The first-order chi connectivity index (χ1) is 10.3. The molecule has 4 rings (SSSR count). The first kappa shape index (κ1) is 12.6. The molecule has 21 heavy (non-hydrogen) atoms. The van der Waals surface area contributed by atoms with Crippen LogP contribution in [0.2, 0.25) is 0 Å². The molecule has 0 aliphatic carbocycles. The van der Waals surface area contributed by atoms with Gasteiger partial charge in [-0.3, -0.25) is 4.79 Å². The zero-order valence-corrected chi connectivity index (χ0v) is 12.0. The van der Waals surface area contributed by atoms with Crippen molar-refractivity contribution in [3.8, 4) is 0 Å². The Labute approximate surface area is 125 Å². The van der Waals surface area contributed by atoms with E-state index in [2.05, 4.69) is 47.4 Å². The Hall–Kier alpha value is -2.09. The summed E-state index contributed by atoms with van der Waals surface area (Å²) in [7, 11) is 0. The van der Waals surface area contributed by atoms with Gasteiger partial charge in [0.1, 0.15) is 0 Å². The minimum Gasteiger partial charge on any atom is -0.333 e. The Balaban J connectivity index is 1.63. The molecule has 1 fully saturated rings. The molecule has 2 nitrogen and oxygen atoms in total. The molecule has 1 saturated heterocycles. The molecule has 106 valence electrons. The number of benzene rings is 2. The van der Waals surface area contributed by atoms with Crippen molar-refractivity contribution in [2.75, 3.05) is 0 Å². The van der Waals surface area contributed by atoms with Crippen LogP contribution in [0.5, 0.6) is 0 Å². The maximum Gasteiger partial charge on any atom is 0.227 e. The molecule has 2 bridgehead atoms. The second kappa shape index (κ2) is 5.03. The van der Waals surface area contributed by atoms with Gasteiger partial charge >= 0.3 is 0 Å². The van der Waals surface area contributed by atoms with Crippen LogP contribution in [0.4, 0.5) is 0 Å². The van der Waals surface area contributed by atoms with E-state index in [0.717, 1.165) is 24.8 Å². The van der Waals surface area contributed by atoms with Crippen LogP contribution in [0.25, 0.3) is 10.8 Å². The van der Waals surface area contributed by atoms with Gasteiger partial charge in [-0.05, 0) is 35.6 Å². The third kappa shape index (κ3) is 2.15. The summed E-state index contributed by atoms with van der Waals surface area (Å²) in [5.41, 5.74) is 1.15. The second-order valence-corrected chi connectivity index (χ2v) is 6.08. The zero-order valence-electron chi connectivity index (χ0n) is 12.0. The highest BCUT2D eigenvalue weighted by atomic mass is 16.2. The lowest BCUT2D eigenvalue weighted by Crippen LogP contribution is -2.42. The quantitative estimate of drug-likeness (QED) is 0.766. The maximum absolute atomic E-state index is 12.8. The predicted octanol–water partition coefficient (Wildman–Crippen LogP) is 3.70. The predicted molar refractivity (Wildman–Crippen MR) is 85.1 cm³/mol. The third-order valence-electron chi connectivity index (χ3n) is 4.82. The number of fused-ring (bicyclic) bond motifs is 3. The van der Waals surface area contributed by atoms with Crippen molar-refractivity contribution in [1.82, 2.24) is 4.90 Å². The molecule has 2 heterocycles. The lowest BCUT2D eigenvalue weighted by atomic mass is 10.0. The van der Waals surface area contributed by atoms with Crippen LogP contribution in [-0.2, 0) is 11.2 Å². The molecule has 2 aromatic carbocycles. The number of hydrogen-bond acceptors (Lipinski definition) is 1. The lowest BCUT2D eigenvalue weighted by Gasteiger charge is -2.31. The van der Waals surface area contributed by atoms with Crippen LogP contribution in [0.3, 0.4) is 0 Å². The van der Waals surface area contributed by atoms with E-state index < -0.39 is 0 Å². The van der Waals surface area contributed by atoms with Gasteiger partial charge in [0.25, 0.3) is 0 Å². The van der Waals surface area contributed by atoms with Crippen molar-refractivity contribution in [3.63, 3.8) is 0 Å². The molecule has 1 amide bonds. The molecule has 0 N–H and O–H groups in total. The molecule has 2 aliphatic heterocycles. The second-order valence-electron chi connectivity index (χ2n) is 6.08. The Morgan fingerprint density at radius 3 is 2.86 bits per heavy atom. The number of carbonyl (C=O) groups excluding carboxylic acids is 1. The highest BCUT2D eigenvalue weighted by molar-refractivity contribution is 5.90. The number of nitrogens with zero attached hydrogens (tertiary/aromatic N) is 1. The zero-order chi connectivity index (χ0) is 14.2. The Morgan fingerprint density at radius 1 is 1.10 bits per heavy atom. The average Bonchev–Trinajstić information content (AvgIpc) is 2.77. The molecule has 2 heteroatoms. The highest BCUT2D eigenvalue weighted by Gasteiger charge is 2.36. The van der Waals surface area contributed by atoms with Gasteiger partial charge in [-0.1, -0.05) is 54.6 Å². The van der Waals surface area contributed by atoms with Crippen molar-refractivity contribution < 1.29 is 4.79 Å². The van der Waals surface area contributed by atoms with Crippen LogP contribution >= 0.6 is 0 Å². The van der Waals surface area contributed by atoms with Crippen LogP contribution in [0.1, 0.15) is 24.8 Å². The van der Waals surface area contributed by atoms with Crippen LogP contribution in [0, 0.1) is 0 Å². The van der Waals surface area contributed by atoms with Crippen LogP contribution < -0.4 is 0 Å². The fourth-order valence-corrected chi connectivity index (χ4v) is 3.81. The monoisotopic (exact) mass is 277 g/mol. The number of carbonyl (C=O) groups is 1. The summed E-state index contributed by atoms with van der Waals surface area (Å²) >= 11 is 0. The number of amides is 1. The first-order valence-corrected chi connectivity index (χ1v) is 7.77. The standard InChI is InChI=1S/C19H19NO/c21-19(20-16-8-4-9-17(20)12-11-16)13-15-7-3-6-14-5-1-2-10-18(14)15/h1-8,10,16-17H,9,11-13H2/t16-,17-/m0/s1. The van der Waals surface area contributed by atoms with Crippen molar-refractivity contribution in [2.24, 2.45) is 0 Å². The molecular weight excluding hydrogens is 258 g/mol. The highest BCUT2D eigenvalue weighted by Crippen LogP contribution is 2.32. The molecule has 0 saturated carbocycles. The van der Waals surface area contributed by atoms with Gasteiger partial charge in [0.05, 0.1) is 12.5 Å². The van der Waals surface area contributed by atoms with E-state index in [1.165, 1.54) is 10.8 Å². The molecule has 2 atom stereocenters. The van der Waals surface area contributed by atoms with Gasteiger partial charge in [0, 0.05) is 6.04 Å². The molecular formula is C19H19NO. The normalized spacial score (nSPS) is 23.7. The smallest absolute Gasteiger partial charge is 0.227 e. The van der Waals surface area contributed by atoms with Crippen LogP contribution in [-0.4, -0.2) is 22.9 Å². The van der Waals surface area contributed by atoms with Gasteiger partial charge in [0.2, 0.25) is 5.91 Å². The van der Waals surface area contributed by atoms with Crippen molar-refractivity contribution in [3.05, 3.63) is 60.2 Å². The van der Waals surface area contributed by atoms with E-state index in [-0.39, 0.29) is 5.91 Å². The molecule has 2 aromatic rings. The molecule has 0 radical (unpaired) electrons. The minimum absolute atomic E-state index is 0.281. The summed E-state index contributed by atoms with van der Waals surface area (Å²) in [5, 5.41) is 2.41. The fourth-order valence-electron chi connectivity index (χ4n) is 3.81. The Kier molecular flexibility index (Phi) is 3.03. The third-order valence-corrected chi connectivity index (χ3v) is 4.82. The Bertz CT molecular complexity index is 713. The number of hydrogen-bond donors (Lipinski definition) is 0. The summed E-state index contributed by atoms with van der Waals surface area (Å²) in [6.45, 7) is 0. The van der Waals surface area contributed by atoms with Crippen LogP contribution in [0.15, 0.2) is 54.6 Å². The van der Waals surface area contributed by atoms with E-state index in [4.69, 9.17) is 0 Å². The molecule has 0 spiro atoms. The van der Waals surface area contributed by atoms with Gasteiger partial charge in [-0.2, -0.15) is 0 Å². The van der Waals surface area contributed by atoms with E-state index in [1.807, 2.05) is 12.1 Å². The Morgan fingerprint density at radius 2 is 1.95 bits per heavy atom. The van der Waals surface area contributed by atoms with E-state index in [1.54, 1.807) is 0 Å². The summed E-state index contributed by atoms with van der Waals surface area (Å²) in [5.74, 6) is 0.281. The minimum atomic E-state index is 0.281. The van der Waals surface area contributed by atoms with E-state index in [0.29, 0.717) is 18.5 Å². The summed E-state index contributed by atoms with van der Waals surface area (Å²) in [6, 6.07) is 15.3. The summed E-state index contributed by atoms with van der Waals surface area (Å²) in [6.07, 6.45) is 8.27. The van der Waals surface area contributed by atoms with Crippen molar-refractivity contribution >= 4 is 16.7 Å². The molecule has 2 aliphatic rings. The summed E-state index contributed by atoms with van der Waals surface area (Å²) in [4.78, 5) is 14.9. The number of rotatable bonds is 2. The lowest BCUT2D eigenvalue weighted by molar-refractivity contribution is -0.132. The topological polar surface area (TPSA) is 20.3 Å². The first-order valence-electron chi connectivity index (χ1n) is 7.77. The SMILES string of the molecule is O=C(Cc1cccc2ccccc12)N1[C@H]2CC=C[C@H]1CC2. The van der Waals surface area contributed by atoms with Gasteiger partial charge in [0.15, 0.2) is 0 Å². The van der Waals surface area contributed by atoms with Gasteiger partial charge < -0.3 is 4.90 Å².